The van der Waals surface area contributed by atoms with Crippen LogP contribution in [0.5, 0.6) is 0 Å². The molecule has 6 rings (SSSR count). The van der Waals surface area contributed by atoms with Gasteiger partial charge in [-0.1, -0.05) is 54.7 Å². The summed E-state index contributed by atoms with van der Waals surface area (Å²) in [4.78, 5) is 31.5. The summed E-state index contributed by atoms with van der Waals surface area (Å²) in [7, 11) is -7.42. The lowest BCUT2D eigenvalue weighted by atomic mass is 9.88. The number of nitrogens with zero attached hydrogens (tertiary/aromatic N) is 7. The Hall–Kier alpha value is -6.41. The van der Waals surface area contributed by atoms with Gasteiger partial charge in [0.15, 0.2) is 22.9 Å². The van der Waals surface area contributed by atoms with Gasteiger partial charge in [0.2, 0.25) is 20.0 Å². The number of esters is 2. The number of ether oxygens (including phenoxy) is 2. The molecule has 334 valence electrons. The van der Waals surface area contributed by atoms with Gasteiger partial charge in [-0.15, -0.1) is 19.5 Å². The smallest absolute Gasteiger partial charge is 0.333 e. The normalized spacial score (nSPS) is 12.8. The standard InChI is InChI=1S/C43H52N10O8S2/c1-26(2)40(54)60-21-11-23-62(56,57)50-30-17-13-28(14-18-30)36-44-38-32(34(42(5,6)7)46-52(38)48-36)25-33-35(43(8,9)10)47-53-39(33)45-37(49-53)29-15-19-31(20-16-29)51-63(58,59)24-12-22-61-41(55)27(3)4/h13-20,25,50-51H,1,3,11-12,21-24H2,2,4-10H3,(H,44,48)/b33-25-. The van der Waals surface area contributed by atoms with Crippen molar-refractivity contribution in [1.29, 1.82) is 0 Å². The summed E-state index contributed by atoms with van der Waals surface area (Å²) in [6.45, 7) is 22.3. The third-order valence-electron chi connectivity index (χ3n) is 9.45. The van der Waals surface area contributed by atoms with Gasteiger partial charge in [-0.2, -0.15) is 10.2 Å². The zero-order valence-electron chi connectivity index (χ0n) is 36.6. The van der Waals surface area contributed by atoms with Crippen molar-refractivity contribution in [3.05, 3.63) is 95.0 Å². The molecule has 6 aromatic rings. The number of fused-ring (bicyclic) bond motifs is 2. The predicted molar refractivity (Wildman–Crippen MR) is 241 cm³/mol. The lowest BCUT2D eigenvalue weighted by Crippen LogP contribution is -2.22. The van der Waals surface area contributed by atoms with Gasteiger partial charge in [0.25, 0.3) is 0 Å². The van der Waals surface area contributed by atoms with Gasteiger partial charge in [0.1, 0.15) is 0 Å². The number of H-pyrrole nitrogens is 1. The van der Waals surface area contributed by atoms with Crippen molar-refractivity contribution in [3.8, 4) is 22.8 Å². The third-order valence-corrected chi connectivity index (χ3v) is 12.2. The first kappa shape index (κ1) is 46.1. The molecule has 4 heterocycles. The number of sulfonamides is 2. The second-order valence-corrected chi connectivity index (χ2v) is 20.9. The second kappa shape index (κ2) is 17.8. The maximum Gasteiger partial charge on any atom is 0.333 e. The zero-order chi connectivity index (χ0) is 46.1. The van der Waals surface area contributed by atoms with E-state index in [1.807, 2.05) is 6.08 Å². The number of rotatable bonds is 17. The lowest BCUT2D eigenvalue weighted by Gasteiger charge is -2.17. The quantitative estimate of drug-likeness (QED) is 0.0586. The Morgan fingerprint density at radius 2 is 1.17 bits per heavy atom. The Bertz CT molecular complexity index is 2990. The van der Waals surface area contributed by atoms with Gasteiger partial charge in [-0.25, -0.2) is 31.4 Å². The predicted octanol–water partition coefficient (Wildman–Crippen LogP) is 5.47. The van der Waals surface area contributed by atoms with Crippen LogP contribution in [0.4, 0.5) is 11.4 Å². The number of aromatic nitrogens is 8. The van der Waals surface area contributed by atoms with E-state index in [0.29, 0.717) is 45.4 Å². The fourth-order valence-corrected chi connectivity index (χ4v) is 8.52. The fraction of sp³-hybridized carbons (Fsp3) is 0.372. The van der Waals surface area contributed by atoms with Crippen LogP contribution < -0.4 is 14.7 Å². The van der Waals surface area contributed by atoms with Crippen molar-refractivity contribution in [2.45, 2.75) is 79.1 Å². The molecule has 0 atom stereocenters. The van der Waals surface area contributed by atoms with E-state index in [0.717, 1.165) is 22.2 Å². The zero-order valence-corrected chi connectivity index (χ0v) is 38.2. The van der Waals surface area contributed by atoms with Crippen molar-refractivity contribution in [2.24, 2.45) is 0 Å². The number of hydrogen-bond donors (Lipinski definition) is 3. The molecular weight excluding hydrogens is 849 g/mol. The van der Waals surface area contributed by atoms with Crippen LogP contribution in [0, 0.1) is 0 Å². The van der Waals surface area contributed by atoms with Crippen molar-refractivity contribution < 1.29 is 35.9 Å². The van der Waals surface area contributed by atoms with E-state index < -0.39 is 42.8 Å². The summed E-state index contributed by atoms with van der Waals surface area (Å²) in [6.07, 6.45) is 2.25. The summed E-state index contributed by atoms with van der Waals surface area (Å²) in [5.41, 5.74) is 5.16. The van der Waals surface area contributed by atoms with Crippen LogP contribution in [-0.4, -0.2) is 93.1 Å². The molecule has 0 spiro atoms. The van der Waals surface area contributed by atoms with Crippen LogP contribution >= 0.6 is 0 Å². The fourth-order valence-electron chi connectivity index (χ4n) is 6.33. The number of anilines is 2. The molecule has 0 bridgehead atoms. The molecule has 4 aromatic heterocycles. The monoisotopic (exact) mass is 900 g/mol. The van der Waals surface area contributed by atoms with Crippen molar-refractivity contribution in [2.75, 3.05) is 34.2 Å². The van der Waals surface area contributed by atoms with E-state index in [1.54, 1.807) is 53.2 Å². The van der Waals surface area contributed by atoms with E-state index >= 15 is 0 Å². The molecule has 3 N–H and O–H groups in total. The molecule has 2 aromatic carbocycles. The van der Waals surface area contributed by atoms with Crippen LogP contribution in [0.3, 0.4) is 0 Å². The second-order valence-electron chi connectivity index (χ2n) is 17.3. The van der Waals surface area contributed by atoms with Crippen LogP contribution in [0.2, 0.25) is 0 Å². The number of benzene rings is 2. The Morgan fingerprint density at radius 3 is 1.65 bits per heavy atom. The maximum atomic E-state index is 12.7. The third kappa shape index (κ3) is 11.2. The largest absolute Gasteiger partial charge is 0.462 e. The Kier molecular flexibility index (Phi) is 13.0. The van der Waals surface area contributed by atoms with Crippen molar-refractivity contribution in [1.82, 2.24) is 39.6 Å². The van der Waals surface area contributed by atoms with Gasteiger partial charge < -0.3 is 14.5 Å². The van der Waals surface area contributed by atoms with Crippen molar-refractivity contribution >= 4 is 60.7 Å². The molecular formula is C43H52N10O8S2. The average Bonchev–Trinajstić information content (AvgIpc) is 3.96. The molecule has 0 amide bonds. The van der Waals surface area contributed by atoms with E-state index in [9.17, 15) is 26.4 Å². The van der Waals surface area contributed by atoms with Gasteiger partial charge in [-0.05, 0) is 81.3 Å². The lowest BCUT2D eigenvalue weighted by molar-refractivity contribution is -0.139. The van der Waals surface area contributed by atoms with E-state index in [2.05, 4.69) is 69.1 Å². The van der Waals surface area contributed by atoms with Crippen LogP contribution in [0.15, 0.2) is 72.8 Å². The number of nitrogens with one attached hydrogen (secondary N) is 3. The first-order valence-corrected chi connectivity index (χ1v) is 23.4. The molecule has 0 saturated carbocycles. The summed E-state index contributed by atoms with van der Waals surface area (Å²) in [5, 5.41) is 20.0. The summed E-state index contributed by atoms with van der Waals surface area (Å²) >= 11 is 0. The van der Waals surface area contributed by atoms with Crippen molar-refractivity contribution in [3.63, 3.8) is 0 Å². The number of carbonyl (C=O) groups excluding carboxylic acids is 2. The van der Waals surface area contributed by atoms with Crippen LogP contribution in [-0.2, 0) is 49.9 Å². The van der Waals surface area contributed by atoms with Gasteiger partial charge in [-0.3, -0.25) is 9.44 Å². The van der Waals surface area contributed by atoms with Gasteiger partial charge in [0.05, 0.1) is 36.1 Å². The molecule has 0 aliphatic carbocycles. The molecule has 0 unspecified atom stereocenters. The van der Waals surface area contributed by atoms with Gasteiger partial charge in [0, 0.05) is 55.3 Å². The highest BCUT2D eigenvalue weighted by atomic mass is 32.2. The summed E-state index contributed by atoms with van der Waals surface area (Å²) in [5.74, 6) is -0.718. The van der Waals surface area contributed by atoms with E-state index in [-0.39, 0.29) is 48.7 Å². The van der Waals surface area contributed by atoms with E-state index in [4.69, 9.17) is 34.9 Å². The van der Waals surface area contributed by atoms with Gasteiger partial charge >= 0.3 is 11.9 Å². The number of aromatic amines is 1. The highest BCUT2D eigenvalue weighted by Gasteiger charge is 2.28. The molecule has 20 heteroatoms. The maximum absolute atomic E-state index is 12.7. The SMILES string of the molecule is C=C(C)C(=O)OCCCS(=O)(=O)Nc1ccc(-c2nc3/c(=C\c4c(C(C)(C)C)nn5nc(-c6ccc(NS(=O)(=O)CCCOC(=O)C(=C)C)cc6)[nH]c45)c(C(C)(C)C)nn3n2)cc1. The number of carbonyl (C=O) groups is 2. The van der Waals surface area contributed by atoms with Crippen LogP contribution in [0.1, 0.15) is 85.2 Å². The minimum atomic E-state index is -3.71. The molecule has 0 radical (unpaired) electrons. The minimum Gasteiger partial charge on any atom is -0.462 e. The highest BCUT2D eigenvalue weighted by molar-refractivity contribution is 7.92. The first-order chi connectivity index (χ1) is 29.4. The molecule has 63 heavy (non-hydrogen) atoms. The molecule has 0 aliphatic rings. The highest BCUT2D eigenvalue weighted by Crippen LogP contribution is 2.30. The van der Waals surface area contributed by atoms with E-state index in [1.165, 1.54) is 18.5 Å². The Labute approximate surface area is 366 Å². The molecule has 0 saturated heterocycles. The average molecular weight is 901 g/mol. The summed E-state index contributed by atoms with van der Waals surface area (Å²) in [6, 6.07) is 13.4. The first-order valence-electron chi connectivity index (χ1n) is 20.1. The Morgan fingerprint density at radius 1 is 0.698 bits per heavy atom. The van der Waals surface area contributed by atoms with Crippen LogP contribution in [0.25, 0.3) is 40.1 Å². The Balaban J connectivity index is 1.26. The molecule has 0 fully saturated rings. The molecule has 0 aliphatic heterocycles. The minimum absolute atomic E-state index is 0.0422. The number of hydrogen-bond acceptors (Lipinski definition) is 13. The topological polar surface area (TPSA) is 234 Å². The molecule has 18 nitrogen and oxygen atoms in total. The summed E-state index contributed by atoms with van der Waals surface area (Å²) < 4.78 is 69.0.